The summed E-state index contributed by atoms with van der Waals surface area (Å²) >= 11 is 0. The highest BCUT2D eigenvalue weighted by Gasteiger charge is 2.46. The molecule has 1 aliphatic rings. The van der Waals surface area contributed by atoms with Crippen molar-refractivity contribution in [2.24, 2.45) is 7.05 Å². The summed E-state index contributed by atoms with van der Waals surface area (Å²) in [5.74, 6) is -2.07. The second-order valence-corrected chi connectivity index (χ2v) is 7.87. The van der Waals surface area contributed by atoms with Gasteiger partial charge < -0.3 is 14.9 Å². The third-order valence-electron chi connectivity index (χ3n) is 5.48. The molecule has 3 rings (SSSR count). The lowest BCUT2D eigenvalue weighted by atomic mass is 9.94. The summed E-state index contributed by atoms with van der Waals surface area (Å²) in [6.07, 6.45) is 0.655. The lowest BCUT2D eigenvalue weighted by molar-refractivity contribution is -0.139. The zero-order valence-electron chi connectivity index (χ0n) is 17.9. The van der Waals surface area contributed by atoms with Crippen molar-refractivity contribution < 1.29 is 19.1 Å². The summed E-state index contributed by atoms with van der Waals surface area (Å²) < 4.78 is 15.1. The Morgan fingerprint density at radius 1 is 1.20 bits per heavy atom. The molecule has 1 N–H and O–H groups in total. The standard InChI is InChI=1S/C22H27FN4O3/c1-13-17(14(2)26(5)24-13)20(28)18-19(15-7-9-16(23)10-8-15)27(22(30)21(18)29)12-6-11-25(3)4/h7-10,19,28H,6,11-12H2,1-5H3/t19-/m1/s1. The largest absolute Gasteiger partial charge is 0.507 e. The average Bonchev–Trinajstić information content (AvgIpc) is 3.08. The fraction of sp³-hybridized carbons (Fsp3) is 0.409. The summed E-state index contributed by atoms with van der Waals surface area (Å²) in [6, 6.07) is 4.88. The molecular formula is C22H27FN4O3. The third-order valence-corrected chi connectivity index (χ3v) is 5.48. The maximum absolute atomic E-state index is 13.5. The van der Waals surface area contributed by atoms with E-state index in [0.29, 0.717) is 35.5 Å². The van der Waals surface area contributed by atoms with E-state index in [9.17, 15) is 19.1 Å². The van der Waals surface area contributed by atoms with Crippen LogP contribution in [-0.2, 0) is 16.6 Å². The van der Waals surface area contributed by atoms with Gasteiger partial charge in [0.2, 0.25) is 0 Å². The summed E-state index contributed by atoms with van der Waals surface area (Å²) in [4.78, 5) is 29.3. The predicted molar refractivity (Wildman–Crippen MR) is 111 cm³/mol. The highest BCUT2D eigenvalue weighted by Crippen LogP contribution is 2.40. The lowest BCUT2D eigenvalue weighted by Crippen LogP contribution is -2.32. The Labute approximate surface area is 175 Å². The summed E-state index contributed by atoms with van der Waals surface area (Å²) in [6.45, 7) is 4.60. The van der Waals surface area contributed by atoms with Gasteiger partial charge >= 0.3 is 0 Å². The maximum atomic E-state index is 13.5. The number of benzene rings is 1. The van der Waals surface area contributed by atoms with E-state index in [1.165, 1.54) is 17.0 Å². The van der Waals surface area contributed by atoms with Crippen LogP contribution >= 0.6 is 0 Å². The number of carbonyl (C=O) groups is 2. The van der Waals surface area contributed by atoms with Gasteiger partial charge in [-0.2, -0.15) is 5.10 Å². The monoisotopic (exact) mass is 414 g/mol. The number of aliphatic hydroxyl groups excluding tert-OH is 1. The number of aliphatic hydroxyl groups is 1. The molecule has 7 nitrogen and oxygen atoms in total. The number of hydrogen-bond donors (Lipinski definition) is 1. The van der Waals surface area contributed by atoms with Gasteiger partial charge in [0, 0.05) is 19.3 Å². The third kappa shape index (κ3) is 3.87. The molecule has 1 aromatic carbocycles. The second-order valence-electron chi connectivity index (χ2n) is 7.87. The van der Waals surface area contributed by atoms with Crippen molar-refractivity contribution in [1.82, 2.24) is 19.6 Å². The van der Waals surface area contributed by atoms with Gasteiger partial charge in [-0.15, -0.1) is 0 Å². The molecule has 1 amide bonds. The zero-order chi connectivity index (χ0) is 22.2. The number of amides is 1. The van der Waals surface area contributed by atoms with Crippen molar-refractivity contribution in [3.05, 3.63) is 58.2 Å². The number of nitrogens with zero attached hydrogens (tertiary/aromatic N) is 4. The van der Waals surface area contributed by atoms with Crippen LogP contribution in [0.2, 0.25) is 0 Å². The van der Waals surface area contributed by atoms with E-state index in [1.54, 1.807) is 37.7 Å². The van der Waals surface area contributed by atoms with Crippen LogP contribution in [0.15, 0.2) is 29.8 Å². The van der Waals surface area contributed by atoms with E-state index < -0.39 is 23.5 Å². The molecule has 2 aromatic rings. The van der Waals surface area contributed by atoms with Crippen LogP contribution < -0.4 is 0 Å². The molecule has 0 spiro atoms. The molecule has 1 fully saturated rings. The zero-order valence-corrected chi connectivity index (χ0v) is 17.9. The molecule has 0 saturated carbocycles. The van der Waals surface area contributed by atoms with Crippen LogP contribution in [0.5, 0.6) is 0 Å². The SMILES string of the molecule is Cc1nn(C)c(C)c1C(O)=C1C(=O)C(=O)N(CCCN(C)C)[C@@H]1c1ccc(F)cc1. The van der Waals surface area contributed by atoms with Gasteiger partial charge in [-0.3, -0.25) is 14.3 Å². The number of ketones is 1. The maximum Gasteiger partial charge on any atom is 0.295 e. The highest BCUT2D eigenvalue weighted by molar-refractivity contribution is 6.46. The Balaban J connectivity index is 2.14. The average molecular weight is 414 g/mol. The minimum absolute atomic E-state index is 0.00987. The normalized spacial score (nSPS) is 18.6. The molecule has 0 unspecified atom stereocenters. The number of halogens is 1. The first-order valence-corrected chi connectivity index (χ1v) is 9.82. The fourth-order valence-corrected chi connectivity index (χ4v) is 3.91. The smallest absolute Gasteiger partial charge is 0.295 e. The van der Waals surface area contributed by atoms with Gasteiger partial charge in [0.1, 0.15) is 11.6 Å². The molecular weight excluding hydrogens is 387 g/mol. The minimum atomic E-state index is -0.785. The van der Waals surface area contributed by atoms with Crippen LogP contribution in [0.3, 0.4) is 0 Å². The first-order chi connectivity index (χ1) is 14.1. The van der Waals surface area contributed by atoms with Crippen LogP contribution in [0.1, 0.15) is 35.0 Å². The second kappa shape index (κ2) is 8.39. The molecule has 0 aliphatic carbocycles. The Morgan fingerprint density at radius 2 is 1.83 bits per heavy atom. The molecule has 0 radical (unpaired) electrons. The molecule has 30 heavy (non-hydrogen) atoms. The number of carbonyl (C=O) groups excluding carboxylic acids is 2. The number of rotatable bonds is 6. The molecule has 1 aliphatic heterocycles. The van der Waals surface area contributed by atoms with Crippen molar-refractivity contribution >= 4 is 17.4 Å². The van der Waals surface area contributed by atoms with E-state index >= 15 is 0 Å². The minimum Gasteiger partial charge on any atom is -0.507 e. The van der Waals surface area contributed by atoms with Crippen molar-refractivity contribution in [3.63, 3.8) is 0 Å². The highest BCUT2D eigenvalue weighted by atomic mass is 19.1. The van der Waals surface area contributed by atoms with Crippen molar-refractivity contribution in [1.29, 1.82) is 0 Å². The Hall–Kier alpha value is -3.00. The van der Waals surface area contributed by atoms with E-state index in [4.69, 9.17) is 0 Å². The van der Waals surface area contributed by atoms with Gasteiger partial charge in [-0.1, -0.05) is 12.1 Å². The molecule has 1 atom stereocenters. The van der Waals surface area contributed by atoms with Gasteiger partial charge in [-0.05, 0) is 58.6 Å². The summed E-state index contributed by atoms with van der Waals surface area (Å²) in [5, 5.41) is 15.4. The van der Waals surface area contributed by atoms with E-state index in [-0.39, 0.29) is 11.3 Å². The van der Waals surface area contributed by atoms with Gasteiger partial charge in [0.15, 0.2) is 0 Å². The Kier molecular flexibility index (Phi) is 6.07. The Morgan fingerprint density at radius 3 is 2.37 bits per heavy atom. The van der Waals surface area contributed by atoms with Crippen LogP contribution in [0.4, 0.5) is 4.39 Å². The summed E-state index contributed by atoms with van der Waals surface area (Å²) in [7, 11) is 5.61. The number of aromatic nitrogens is 2. The van der Waals surface area contributed by atoms with Crippen LogP contribution in [0, 0.1) is 19.7 Å². The number of hydrogen-bond acceptors (Lipinski definition) is 5. The molecule has 1 saturated heterocycles. The number of Topliss-reactive ketones (excluding diaryl/α,β-unsaturated/α-hetero) is 1. The number of likely N-dealkylation sites (tertiary alicyclic amines) is 1. The van der Waals surface area contributed by atoms with Gasteiger partial charge in [0.05, 0.1) is 22.9 Å². The topological polar surface area (TPSA) is 78.7 Å². The summed E-state index contributed by atoms with van der Waals surface area (Å²) in [5.41, 5.74) is 2.26. The lowest BCUT2D eigenvalue weighted by Gasteiger charge is -2.26. The predicted octanol–water partition coefficient (Wildman–Crippen LogP) is 2.55. The fourth-order valence-electron chi connectivity index (χ4n) is 3.91. The van der Waals surface area contributed by atoms with Crippen LogP contribution in [-0.4, -0.2) is 63.6 Å². The van der Waals surface area contributed by atoms with E-state index in [1.807, 2.05) is 19.0 Å². The van der Waals surface area contributed by atoms with E-state index in [2.05, 4.69) is 5.10 Å². The number of aryl methyl sites for hydroxylation is 2. The molecule has 2 heterocycles. The first kappa shape index (κ1) is 21.7. The molecule has 8 heteroatoms. The quantitative estimate of drug-likeness (QED) is 0.447. The molecule has 160 valence electrons. The van der Waals surface area contributed by atoms with E-state index in [0.717, 1.165) is 6.54 Å². The van der Waals surface area contributed by atoms with Crippen molar-refractivity contribution in [2.75, 3.05) is 27.2 Å². The van der Waals surface area contributed by atoms with Crippen molar-refractivity contribution in [2.45, 2.75) is 26.3 Å². The molecule has 0 bridgehead atoms. The van der Waals surface area contributed by atoms with Gasteiger partial charge in [-0.25, -0.2) is 4.39 Å². The molecule has 1 aromatic heterocycles. The van der Waals surface area contributed by atoms with Gasteiger partial charge in [0.25, 0.3) is 11.7 Å². The van der Waals surface area contributed by atoms with Crippen LogP contribution in [0.25, 0.3) is 5.76 Å². The first-order valence-electron chi connectivity index (χ1n) is 9.82. The van der Waals surface area contributed by atoms with Crippen molar-refractivity contribution in [3.8, 4) is 0 Å². The Bertz CT molecular complexity index is 1010.